The van der Waals surface area contributed by atoms with Crippen molar-refractivity contribution in [2.24, 2.45) is 0 Å². The third-order valence-corrected chi connectivity index (χ3v) is 3.06. The Morgan fingerprint density at radius 2 is 2.27 bits per heavy atom. The van der Waals surface area contributed by atoms with Crippen LogP contribution in [-0.4, -0.2) is 54.8 Å². The summed E-state index contributed by atoms with van der Waals surface area (Å²) in [5.74, 6) is 0.859. The van der Waals surface area contributed by atoms with Gasteiger partial charge in [-0.1, -0.05) is 0 Å². The summed E-state index contributed by atoms with van der Waals surface area (Å²) in [6.07, 6.45) is 3.69. The van der Waals surface area contributed by atoms with Crippen molar-refractivity contribution in [2.45, 2.75) is 31.7 Å². The highest BCUT2D eigenvalue weighted by Gasteiger charge is 2.28. The highest BCUT2D eigenvalue weighted by Crippen LogP contribution is 2.19. The predicted octanol–water partition coefficient (Wildman–Crippen LogP) is 1.56. The van der Waals surface area contributed by atoms with Crippen molar-refractivity contribution in [3.05, 3.63) is 0 Å². The van der Waals surface area contributed by atoms with Crippen LogP contribution >= 0.6 is 11.6 Å². The molecule has 88 valence electrons. The molecule has 1 unspecified atom stereocenters. The number of carbonyl (C=O) groups is 1. The number of likely N-dealkylation sites (tertiary alicyclic amines) is 1. The SMILES string of the molecule is CN(C)CC1CCCN1C(=O)CCCCl. The van der Waals surface area contributed by atoms with Gasteiger partial charge in [0.05, 0.1) is 0 Å². The van der Waals surface area contributed by atoms with E-state index in [0.29, 0.717) is 18.3 Å². The lowest BCUT2D eigenvalue weighted by Crippen LogP contribution is -2.41. The van der Waals surface area contributed by atoms with Crippen molar-refractivity contribution >= 4 is 17.5 Å². The van der Waals surface area contributed by atoms with Crippen molar-refractivity contribution < 1.29 is 4.79 Å². The largest absolute Gasteiger partial charge is 0.338 e. The maximum Gasteiger partial charge on any atom is 0.222 e. The van der Waals surface area contributed by atoms with Gasteiger partial charge in [-0.25, -0.2) is 0 Å². The van der Waals surface area contributed by atoms with Gasteiger partial charge >= 0.3 is 0 Å². The van der Waals surface area contributed by atoms with Gasteiger partial charge in [0.1, 0.15) is 0 Å². The quantitative estimate of drug-likeness (QED) is 0.672. The zero-order chi connectivity index (χ0) is 11.3. The molecule has 1 heterocycles. The summed E-state index contributed by atoms with van der Waals surface area (Å²) < 4.78 is 0. The lowest BCUT2D eigenvalue weighted by molar-refractivity contribution is -0.132. The highest BCUT2D eigenvalue weighted by molar-refractivity contribution is 6.17. The number of amides is 1. The Morgan fingerprint density at radius 1 is 1.53 bits per heavy atom. The van der Waals surface area contributed by atoms with Crippen LogP contribution < -0.4 is 0 Å². The smallest absolute Gasteiger partial charge is 0.222 e. The molecule has 0 aromatic rings. The molecule has 0 aliphatic carbocycles. The fourth-order valence-corrected chi connectivity index (χ4v) is 2.27. The molecule has 1 fully saturated rings. The number of rotatable bonds is 5. The molecular formula is C11H21ClN2O. The van der Waals surface area contributed by atoms with E-state index in [4.69, 9.17) is 11.6 Å². The first-order valence-electron chi connectivity index (χ1n) is 5.65. The molecule has 1 atom stereocenters. The molecule has 4 heteroatoms. The molecule has 0 aromatic carbocycles. The fourth-order valence-electron chi connectivity index (χ4n) is 2.14. The summed E-state index contributed by atoms with van der Waals surface area (Å²) in [6.45, 7) is 1.91. The van der Waals surface area contributed by atoms with E-state index in [0.717, 1.165) is 32.4 Å². The van der Waals surface area contributed by atoms with Gasteiger partial charge in [-0.15, -0.1) is 11.6 Å². The molecular weight excluding hydrogens is 212 g/mol. The third kappa shape index (κ3) is 3.99. The topological polar surface area (TPSA) is 23.6 Å². The van der Waals surface area contributed by atoms with Crippen LogP contribution in [0.3, 0.4) is 0 Å². The van der Waals surface area contributed by atoms with E-state index in [9.17, 15) is 4.79 Å². The Hall–Kier alpha value is -0.280. The van der Waals surface area contributed by atoms with Crippen LogP contribution in [-0.2, 0) is 4.79 Å². The van der Waals surface area contributed by atoms with Crippen LogP contribution in [0.4, 0.5) is 0 Å². The molecule has 0 N–H and O–H groups in total. The number of alkyl halides is 1. The minimum atomic E-state index is 0.278. The monoisotopic (exact) mass is 232 g/mol. The number of halogens is 1. The van der Waals surface area contributed by atoms with Crippen LogP contribution in [0.15, 0.2) is 0 Å². The van der Waals surface area contributed by atoms with Crippen LogP contribution in [0.5, 0.6) is 0 Å². The number of nitrogens with zero attached hydrogens (tertiary/aromatic N) is 2. The molecule has 0 aromatic heterocycles. The third-order valence-electron chi connectivity index (χ3n) is 2.80. The lowest BCUT2D eigenvalue weighted by Gasteiger charge is -2.27. The standard InChI is InChI=1S/C11H21ClN2O/c1-13(2)9-10-5-4-8-14(10)11(15)6-3-7-12/h10H,3-9H2,1-2H3. The molecule has 0 saturated carbocycles. The van der Waals surface area contributed by atoms with Gasteiger partial charge < -0.3 is 9.80 Å². The second kappa shape index (κ2) is 6.33. The molecule has 0 spiro atoms. The summed E-state index contributed by atoms with van der Waals surface area (Å²) in [5, 5.41) is 0. The molecule has 3 nitrogen and oxygen atoms in total. The number of hydrogen-bond donors (Lipinski definition) is 0. The fraction of sp³-hybridized carbons (Fsp3) is 0.909. The van der Waals surface area contributed by atoms with Gasteiger partial charge in [0.2, 0.25) is 5.91 Å². The zero-order valence-electron chi connectivity index (χ0n) is 9.71. The molecule has 1 rings (SSSR count). The first kappa shape index (κ1) is 12.8. The van der Waals surface area contributed by atoms with E-state index >= 15 is 0 Å². The van der Waals surface area contributed by atoms with E-state index in [1.165, 1.54) is 0 Å². The second-order valence-corrected chi connectivity index (χ2v) is 4.82. The van der Waals surface area contributed by atoms with Crippen molar-refractivity contribution in [1.29, 1.82) is 0 Å². The van der Waals surface area contributed by atoms with E-state index in [-0.39, 0.29) is 5.91 Å². The van der Waals surface area contributed by atoms with Gasteiger partial charge in [0.25, 0.3) is 0 Å². The van der Waals surface area contributed by atoms with E-state index in [2.05, 4.69) is 19.0 Å². The van der Waals surface area contributed by atoms with E-state index in [1.54, 1.807) is 0 Å². The summed E-state index contributed by atoms with van der Waals surface area (Å²) in [5.41, 5.74) is 0. The van der Waals surface area contributed by atoms with E-state index < -0.39 is 0 Å². The molecule has 1 saturated heterocycles. The maximum atomic E-state index is 11.8. The summed E-state index contributed by atoms with van der Waals surface area (Å²) >= 11 is 5.59. The Kier molecular flexibility index (Phi) is 5.40. The van der Waals surface area contributed by atoms with Gasteiger partial charge in [0.15, 0.2) is 0 Å². The van der Waals surface area contributed by atoms with Crippen molar-refractivity contribution in [2.75, 3.05) is 33.1 Å². The number of hydrogen-bond acceptors (Lipinski definition) is 2. The van der Waals surface area contributed by atoms with Crippen LogP contribution in [0.1, 0.15) is 25.7 Å². The highest BCUT2D eigenvalue weighted by atomic mass is 35.5. The van der Waals surface area contributed by atoms with Crippen molar-refractivity contribution in [3.8, 4) is 0 Å². The van der Waals surface area contributed by atoms with Gasteiger partial charge in [0, 0.05) is 31.4 Å². The first-order chi connectivity index (χ1) is 7.15. The average Bonchev–Trinajstić information content (AvgIpc) is 2.61. The number of likely N-dealkylation sites (N-methyl/N-ethyl adjacent to an activating group) is 1. The van der Waals surface area contributed by atoms with Gasteiger partial charge in [-0.05, 0) is 33.4 Å². The molecule has 1 amide bonds. The van der Waals surface area contributed by atoms with E-state index in [1.807, 2.05) is 4.90 Å². The average molecular weight is 233 g/mol. The molecule has 15 heavy (non-hydrogen) atoms. The minimum Gasteiger partial charge on any atom is -0.338 e. The first-order valence-corrected chi connectivity index (χ1v) is 6.18. The summed E-state index contributed by atoms with van der Waals surface area (Å²) in [6, 6.07) is 0.419. The van der Waals surface area contributed by atoms with Crippen LogP contribution in [0.25, 0.3) is 0 Å². The predicted molar refractivity (Wildman–Crippen MR) is 63.2 cm³/mol. The normalized spacial score (nSPS) is 21.3. The summed E-state index contributed by atoms with van der Waals surface area (Å²) in [4.78, 5) is 16.0. The maximum absolute atomic E-state index is 11.8. The molecule has 0 bridgehead atoms. The van der Waals surface area contributed by atoms with Gasteiger partial charge in [-0.3, -0.25) is 4.79 Å². The van der Waals surface area contributed by atoms with Crippen molar-refractivity contribution in [1.82, 2.24) is 9.80 Å². The van der Waals surface area contributed by atoms with Crippen LogP contribution in [0.2, 0.25) is 0 Å². The lowest BCUT2D eigenvalue weighted by atomic mass is 10.2. The van der Waals surface area contributed by atoms with Gasteiger partial charge in [-0.2, -0.15) is 0 Å². The minimum absolute atomic E-state index is 0.278. The second-order valence-electron chi connectivity index (χ2n) is 4.44. The Labute approximate surface area is 97.4 Å². The van der Waals surface area contributed by atoms with Crippen LogP contribution in [0, 0.1) is 0 Å². The number of carbonyl (C=O) groups excluding carboxylic acids is 1. The van der Waals surface area contributed by atoms with Crippen molar-refractivity contribution in [3.63, 3.8) is 0 Å². The zero-order valence-corrected chi connectivity index (χ0v) is 10.5. The Balaban J connectivity index is 2.41. The molecule has 1 aliphatic rings. The Bertz CT molecular complexity index is 209. The summed E-state index contributed by atoms with van der Waals surface area (Å²) in [7, 11) is 4.11. The molecule has 0 radical (unpaired) electrons. The Morgan fingerprint density at radius 3 is 2.87 bits per heavy atom. The molecule has 1 aliphatic heterocycles.